The molecule has 1 aromatic heterocycles. The number of thioether (sulfide) groups is 1. The van der Waals surface area contributed by atoms with E-state index in [9.17, 15) is 0 Å². The molecule has 0 saturated heterocycles. The Hall–Kier alpha value is -1.52. The third kappa shape index (κ3) is 3.14. The van der Waals surface area contributed by atoms with Crippen LogP contribution in [0.2, 0.25) is 0 Å². The molecule has 2 aromatic rings. The monoisotopic (exact) mass is 287 g/mol. The third-order valence-corrected chi connectivity index (χ3v) is 4.13. The Morgan fingerprint density at radius 1 is 1.25 bits per heavy atom. The first-order chi connectivity index (χ1) is 9.67. The Balaban J connectivity index is 2.44. The normalized spacial score (nSPS) is 12.3. The van der Waals surface area contributed by atoms with Crippen molar-refractivity contribution >= 4 is 17.6 Å². The van der Waals surface area contributed by atoms with E-state index in [1.54, 1.807) is 18.0 Å². The highest BCUT2D eigenvalue weighted by Gasteiger charge is 2.18. The molecule has 1 unspecified atom stereocenters. The summed E-state index contributed by atoms with van der Waals surface area (Å²) in [6.45, 7) is 5.06. The molecule has 0 amide bonds. The lowest BCUT2D eigenvalue weighted by molar-refractivity contribution is 0.627. The van der Waals surface area contributed by atoms with Gasteiger partial charge in [-0.2, -0.15) is 0 Å². The maximum absolute atomic E-state index is 6.09. The molecule has 2 rings (SSSR count). The van der Waals surface area contributed by atoms with Crippen LogP contribution < -0.4 is 11.1 Å². The van der Waals surface area contributed by atoms with Crippen molar-refractivity contribution in [2.24, 2.45) is 0 Å². The molecule has 3 nitrogen and oxygen atoms in total. The predicted octanol–water partition coefficient (Wildman–Crippen LogP) is 3.39. The molecule has 20 heavy (non-hydrogen) atoms. The molecular weight excluding hydrogens is 266 g/mol. The molecule has 0 aliphatic carbocycles. The summed E-state index contributed by atoms with van der Waals surface area (Å²) in [4.78, 5) is 5.50. The number of benzene rings is 1. The first-order valence-corrected chi connectivity index (χ1v) is 7.98. The van der Waals surface area contributed by atoms with Crippen LogP contribution in [0.25, 0.3) is 0 Å². The van der Waals surface area contributed by atoms with E-state index in [4.69, 9.17) is 5.73 Å². The largest absolute Gasteiger partial charge is 0.383 e. The van der Waals surface area contributed by atoms with Crippen molar-refractivity contribution < 1.29 is 0 Å². The zero-order chi connectivity index (χ0) is 14.5. The summed E-state index contributed by atoms with van der Waals surface area (Å²) in [6, 6.07) is 10.7. The predicted molar refractivity (Wildman–Crippen MR) is 87.1 cm³/mol. The Morgan fingerprint density at radius 3 is 2.50 bits per heavy atom. The fraction of sp³-hybridized carbons (Fsp3) is 0.312. The summed E-state index contributed by atoms with van der Waals surface area (Å²) >= 11 is 1.75. The summed E-state index contributed by atoms with van der Waals surface area (Å²) in [5, 5.41) is 3.51. The van der Waals surface area contributed by atoms with Gasteiger partial charge in [-0.1, -0.05) is 19.1 Å². The van der Waals surface area contributed by atoms with Crippen molar-refractivity contribution in [2.75, 3.05) is 18.5 Å². The van der Waals surface area contributed by atoms with Crippen LogP contribution in [0.5, 0.6) is 0 Å². The van der Waals surface area contributed by atoms with Crippen LogP contribution in [0.1, 0.15) is 29.7 Å². The summed E-state index contributed by atoms with van der Waals surface area (Å²) in [7, 11) is 0. The van der Waals surface area contributed by atoms with Gasteiger partial charge in [0.1, 0.15) is 5.82 Å². The zero-order valence-corrected chi connectivity index (χ0v) is 13.0. The van der Waals surface area contributed by atoms with E-state index >= 15 is 0 Å². The first-order valence-electron chi connectivity index (χ1n) is 6.75. The van der Waals surface area contributed by atoms with E-state index in [0.717, 1.165) is 17.7 Å². The fourth-order valence-electron chi connectivity index (χ4n) is 2.35. The minimum atomic E-state index is 0.0876. The van der Waals surface area contributed by atoms with Crippen LogP contribution in [-0.2, 0) is 0 Å². The molecule has 0 spiro atoms. The van der Waals surface area contributed by atoms with Crippen LogP contribution >= 0.6 is 11.8 Å². The SMILES string of the molecule is CCNC(c1ccc(SC)cc1)c1c(C)ccnc1N. The number of anilines is 1. The second kappa shape index (κ2) is 6.77. The Kier molecular flexibility index (Phi) is 5.04. The van der Waals surface area contributed by atoms with E-state index in [0.29, 0.717) is 5.82 Å². The smallest absolute Gasteiger partial charge is 0.128 e. The fourth-order valence-corrected chi connectivity index (χ4v) is 2.76. The Morgan fingerprint density at radius 2 is 1.95 bits per heavy atom. The summed E-state index contributed by atoms with van der Waals surface area (Å²) in [5.41, 5.74) is 9.55. The number of rotatable bonds is 5. The number of aromatic nitrogens is 1. The van der Waals surface area contributed by atoms with Crippen LogP contribution in [0.3, 0.4) is 0 Å². The standard InChI is InChI=1S/C16H21N3S/c1-4-18-15(12-5-7-13(20-3)8-6-12)14-11(2)9-10-19-16(14)17/h5-10,15,18H,4H2,1-3H3,(H2,17,19). The number of nitrogen functional groups attached to an aromatic ring is 1. The van der Waals surface area contributed by atoms with Gasteiger partial charge in [-0.3, -0.25) is 0 Å². The van der Waals surface area contributed by atoms with Crippen LogP contribution in [0.15, 0.2) is 41.4 Å². The average Bonchev–Trinajstić information content (AvgIpc) is 2.46. The van der Waals surface area contributed by atoms with Gasteiger partial charge in [0.05, 0.1) is 6.04 Å². The van der Waals surface area contributed by atoms with Crippen molar-refractivity contribution in [1.29, 1.82) is 0 Å². The highest BCUT2D eigenvalue weighted by Crippen LogP contribution is 2.29. The van der Waals surface area contributed by atoms with Gasteiger partial charge in [0.25, 0.3) is 0 Å². The van der Waals surface area contributed by atoms with Crippen LogP contribution in [-0.4, -0.2) is 17.8 Å². The van der Waals surface area contributed by atoms with Gasteiger partial charge in [0.2, 0.25) is 0 Å². The van der Waals surface area contributed by atoms with Crippen molar-refractivity contribution in [1.82, 2.24) is 10.3 Å². The molecule has 0 fully saturated rings. The lowest BCUT2D eigenvalue weighted by atomic mass is 9.95. The molecule has 1 atom stereocenters. The van der Waals surface area contributed by atoms with Crippen LogP contribution in [0, 0.1) is 6.92 Å². The van der Waals surface area contributed by atoms with Crippen molar-refractivity contribution in [3.8, 4) is 0 Å². The summed E-state index contributed by atoms with van der Waals surface area (Å²) < 4.78 is 0. The van der Waals surface area contributed by atoms with Crippen LogP contribution in [0.4, 0.5) is 5.82 Å². The van der Waals surface area contributed by atoms with E-state index in [1.165, 1.54) is 10.5 Å². The number of nitrogens with zero attached hydrogens (tertiary/aromatic N) is 1. The lowest BCUT2D eigenvalue weighted by Crippen LogP contribution is -2.24. The molecule has 1 heterocycles. The number of aryl methyl sites for hydroxylation is 1. The van der Waals surface area contributed by atoms with E-state index in [1.807, 2.05) is 6.07 Å². The molecule has 0 radical (unpaired) electrons. The molecule has 106 valence electrons. The van der Waals surface area contributed by atoms with Gasteiger partial charge in [-0.25, -0.2) is 4.98 Å². The maximum atomic E-state index is 6.09. The third-order valence-electron chi connectivity index (χ3n) is 3.39. The molecular formula is C16H21N3S. The summed E-state index contributed by atoms with van der Waals surface area (Å²) in [6.07, 6.45) is 3.84. The van der Waals surface area contributed by atoms with E-state index < -0.39 is 0 Å². The van der Waals surface area contributed by atoms with Crippen molar-refractivity contribution in [2.45, 2.75) is 24.8 Å². The number of hydrogen-bond acceptors (Lipinski definition) is 4. The number of nitrogens with one attached hydrogen (secondary N) is 1. The zero-order valence-electron chi connectivity index (χ0n) is 12.2. The molecule has 3 N–H and O–H groups in total. The number of pyridine rings is 1. The maximum Gasteiger partial charge on any atom is 0.128 e. The average molecular weight is 287 g/mol. The molecule has 4 heteroatoms. The van der Waals surface area contributed by atoms with Crippen molar-refractivity contribution in [3.63, 3.8) is 0 Å². The first kappa shape index (κ1) is 14.9. The molecule has 0 saturated carbocycles. The highest BCUT2D eigenvalue weighted by molar-refractivity contribution is 7.98. The quantitative estimate of drug-likeness (QED) is 0.828. The molecule has 0 aliphatic heterocycles. The van der Waals surface area contributed by atoms with Gasteiger partial charge in [0.15, 0.2) is 0 Å². The van der Waals surface area contributed by atoms with Gasteiger partial charge in [0, 0.05) is 16.7 Å². The minimum absolute atomic E-state index is 0.0876. The Labute approximate surface area is 125 Å². The second-order valence-corrected chi connectivity index (χ2v) is 5.57. The van der Waals surface area contributed by atoms with E-state index in [-0.39, 0.29) is 6.04 Å². The van der Waals surface area contributed by atoms with Gasteiger partial charge >= 0.3 is 0 Å². The van der Waals surface area contributed by atoms with E-state index in [2.05, 4.69) is 54.7 Å². The number of hydrogen-bond donors (Lipinski definition) is 2. The lowest BCUT2D eigenvalue weighted by Gasteiger charge is -2.22. The minimum Gasteiger partial charge on any atom is -0.383 e. The summed E-state index contributed by atoms with van der Waals surface area (Å²) in [5.74, 6) is 0.602. The highest BCUT2D eigenvalue weighted by atomic mass is 32.2. The molecule has 1 aromatic carbocycles. The number of nitrogens with two attached hydrogens (primary N) is 1. The Bertz CT molecular complexity index is 546. The molecule has 0 bridgehead atoms. The van der Waals surface area contributed by atoms with Gasteiger partial charge in [-0.05, 0) is 49.1 Å². The van der Waals surface area contributed by atoms with Crippen molar-refractivity contribution in [3.05, 3.63) is 53.2 Å². The van der Waals surface area contributed by atoms with Gasteiger partial charge < -0.3 is 11.1 Å². The molecule has 0 aliphatic rings. The topological polar surface area (TPSA) is 50.9 Å². The second-order valence-electron chi connectivity index (χ2n) is 4.69. The van der Waals surface area contributed by atoms with Gasteiger partial charge in [-0.15, -0.1) is 11.8 Å².